The second kappa shape index (κ2) is 9.90. The summed E-state index contributed by atoms with van der Waals surface area (Å²) in [5.74, 6) is -0.707. The van der Waals surface area contributed by atoms with Crippen molar-refractivity contribution in [3.8, 4) is 22.2 Å². The second-order valence-electron chi connectivity index (χ2n) is 8.75. The summed E-state index contributed by atoms with van der Waals surface area (Å²) in [5, 5.41) is 0. The summed E-state index contributed by atoms with van der Waals surface area (Å²) in [6, 6.07) is 6.59. The topological polar surface area (TPSA) is 103 Å². The van der Waals surface area contributed by atoms with E-state index in [1.807, 2.05) is 23.9 Å². The fraction of sp³-hybridized carbons (Fsp3) is 0.280. The third-order valence-corrected chi connectivity index (χ3v) is 7.77. The van der Waals surface area contributed by atoms with E-state index in [0.717, 1.165) is 50.9 Å². The van der Waals surface area contributed by atoms with Crippen LogP contribution < -0.4 is 10.5 Å². The molecule has 1 aromatic carbocycles. The first-order valence-corrected chi connectivity index (χ1v) is 12.7. The quantitative estimate of drug-likeness (QED) is 0.329. The van der Waals surface area contributed by atoms with Gasteiger partial charge in [0.05, 0.1) is 15.1 Å². The molecular formula is C25H24FN5O3S2. The maximum absolute atomic E-state index is 16.0. The number of carbonyl (C=O) groups excluding carboxylic acids is 2. The number of ether oxygens (including phenoxy) is 1. The van der Waals surface area contributed by atoms with E-state index < -0.39 is 17.6 Å². The molecule has 2 N–H and O–H groups in total. The molecule has 11 heteroatoms. The molecule has 1 aliphatic carbocycles. The molecule has 2 amide bonds. The molecule has 0 atom stereocenters. The van der Waals surface area contributed by atoms with Crippen LogP contribution in [0.5, 0.6) is 11.5 Å². The number of carbonyl (C=O) groups is 2. The maximum Gasteiger partial charge on any atom is 0.264 e. The van der Waals surface area contributed by atoms with Crippen LogP contribution in [0.2, 0.25) is 0 Å². The number of aryl methyl sites for hydroxylation is 1. The Labute approximate surface area is 216 Å². The van der Waals surface area contributed by atoms with E-state index in [2.05, 4.69) is 22.8 Å². The van der Waals surface area contributed by atoms with Crippen molar-refractivity contribution in [2.24, 2.45) is 12.8 Å². The van der Waals surface area contributed by atoms with Crippen molar-refractivity contribution in [2.45, 2.75) is 31.6 Å². The summed E-state index contributed by atoms with van der Waals surface area (Å²) in [6.45, 7) is -0.377. The van der Waals surface area contributed by atoms with Crippen LogP contribution in [0.1, 0.15) is 47.5 Å². The smallest absolute Gasteiger partial charge is 0.264 e. The Kier molecular flexibility index (Phi) is 6.67. The molecule has 1 saturated carbocycles. The van der Waals surface area contributed by atoms with Crippen LogP contribution in [0.25, 0.3) is 20.9 Å². The minimum absolute atomic E-state index is 0.0218. The number of pyridine rings is 1. The number of rotatable bonds is 7. The van der Waals surface area contributed by atoms with Crippen molar-refractivity contribution in [1.82, 2.24) is 18.8 Å². The Morgan fingerprint density at radius 2 is 2.00 bits per heavy atom. The first kappa shape index (κ1) is 24.3. The van der Waals surface area contributed by atoms with Crippen LogP contribution in [-0.4, -0.2) is 37.2 Å². The minimum Gasteiger partial charge on any atom is -0.453 e. The number of nitrogens with zero attached hydrogens (tertiary/aromatic N) is 4. The van der Waals surface area contributed by atoms with Crippen LogP contribution in [0.4, 0.5) is 4.39 Å². The lowest BCUT2D eigenvalue weighted by atomic mass is 9.91. The van der Waals surface area contributed by atoms with Crippen molar-refractivity contribution in [1.29, 1.82) is 0 Å². The number of halogens is 1. The highest BCUT2D eigenvalue weighted by Gasteiger charge is 2.30. The normalized spacial score (nSPS) is 13.9. The highest BCUT2D eigenvalue weighted by Crippen LogP contribution is 2.43. The van der Waals surface area contributed by atoms with Crippen molar-refractivity contribution in [3.63, 3.8) is 0 Å². The molecule has 0 radical (unpaired) electrons. The van der Waals surface area contributed by atoms with E-state index in [4.69, 9.17) is 10.5 Å². The molecule has 0 saturated heterocycles. The molecule has 1 fully saturated rings. The fourth-order valence-corrected chi connectivity index (χ4v) is 5.99. The fourth-order valence-electron chi connectivity index (χ4n) is 4.64. The van der Waals surface area contributed by atoms with Gasteiger partial charge in [0.1, 0.15) is 18.1 Å². The molecule has 0 aliphatic heterocycles. The molecule has 186 valence electrons. The van der Waals surface area contributed by atoms with Crippen LogP contribution in [0, 0.1) is 5.82 Å². The second-order valence-corrected chi connectivity index (χ2v) is 10.3. The van der Waals surface area contributed by atoms with E-state index in [0.29, 0.717) is 11.3 Å². The van der Waals surface area contributed by atoms with E-state index >= 15 is 4.39 Å². The Morgan fingerprint density at radius 3 is 2.69 bits per heavy atom. The molecule has 8 nitrogen and oxygen atoms in total. The molecule has 0 unspecified atom stereocenters. The van der Waals surface area contributed by atoms with E-state index in [-0.39, 0.29) is 23.8 Å². The number of hydrogen-bond acceptors (Lipinski definition) is 7. The first-order chi connectivity index (χ1) is 17.3. The lowest BCUT2D eigenvalue weighted by Crippen LogP contribution is -2.32. The van der Waals surface area contributed by atoms with Gasteiger partial charge in [-0.2, -0.15) is 0 Å². The summed E-state index contributed by atoms with van der Waals surface area (Å²) in [5.41, 5.74) is 6.39. The van der Waals surface area contributed by atoms with Gasteiger partial charge in [0.2, 0.25) is 5.91 Å². The molecule has 4 aromatic rings. The van der Waals surface area contributed by atoms with E-state index in [1.165, 1.54) is 23.5 Å². The van der Waals surface area contributed by atoms with Gasteiger partial charge in [0.15, 0.2) is 11.6 Å². The van der Waals surface area contributed by atoms with Crippen LogP contribution in [0.3, 0.4) is 0 Å². The average molecular weight is 526 g/mol. The van der Waals surface area contributed by atoms with Crippen molar-refractivity contribution in [3.05, 3.63) is 59.8 Å². The molecule has 1 aliphatic rings. The van der Waals surface area contributed by atoms with Gasteiger partial charge in [-0.15, -0.1) is 11.3 Å². The monoisotopic (exact) mass is 525 g/mol. The van der Waals surface area contributed by atoms with Gasteiger partial charge < -0.3 is 15.0 Å². The van der Waals surface area contributed by atoms with Gasteiger partial charge in [0, 0.05) is 42.8 Å². The number of thiol groups is 1. The average Bonchev–Trinajstić information content (AvgIpc) is 3.60. The Morgan fingerprint density at radius 1 is 1.22 bits per heavy atom. The molecule has 3 aromatic heterocycles. The summed E-state index contributed by atoms with van der Waals surface area (Å²) in [4.78, 5) is 34.0. The number of primary amides is 1. The number of benzene rings is 1. The van der Waals surface area contributed by atoms with Crippen LogP contribution in [-0.2, 0) is 11.8 Å². The molecule has 36 heavy (non-hydrogen) atoms. The number of imidazole rings is 1. The maximum atomic E-state index is 16.0. The minimum atomic E-state index is -0.705. The molecule has 5 rings (SSSR count). The zero-order valence-electron chi connectivity index (χ0n) is 19.5. The number of nitrogens with two attached hydrogens (primary N) is 1. The third-order valence-electron chi connectivity index (χ3n) is 6.32. The lowest BCUT2D eigenvalue weighted by molar-refractivity contribution is -0.117. The highest BCUT2D eigenvalue weighted by molar-refractivity contribution is 7.78. The lowest BCUT2D eigenvalue weighted by Gasteiger charge is -2.21. The third kappa shape index (κ3) is 4.56. The number of hydrogen-bond donors (Lipinski definition) is 2. The molecule has 0 spiro atoms. The SMILES string of the molecule is Cn1ccnc1-c1cc2nccc(Oc3ccc(C(=O)N(S)CC(N)=O)c(C4CCCC4)c3F)c2s1. The zero-order valence-corrected chi connectivity index (χ0v) is 21.2. The molecule has 0 bridgehead atoms. The molecular weight excluding hydrogens is 501 g/mol. The van der Waals surface area contributed by atoms with Gasteiger partial charge in [-0.05, 0) is 37.0 Å². The Balaban J connectivity index is 1.54. The van der Waals surface area contributed by atoms with Gasteiger partial charge in [-0.1, -0.05) is 25.7 Å². The summed E-state index contributed by atoms with van der Waals surface area (Å²) >= 11 is 5.56. The van der Waals surface area contributed by atoms with Crippen LogP contribution in [0.15, 0.2) is 42.9 Å². The van der Waals surface area contributed by atoms with Gasteiger partial charge >= 0.3 is 0 Å². The Bertz CT molecular complexity index is 1460. The van der Waals surface area contributed by atoms with E-state index in [9.17, 15) is 9.59 Å². The number of amides is 2. The predicted octanol–water partition coefficient (Wildman–Crippen LogP) is 5.06. The highest BCUT2D eigenvalue weighted by atomic mass is 32.1. The zero-order chi connectivity index (χ0) is 25.4. The summed E-state index contributed by atoms with van der Waals surface area (Å²) in [6.07, 6.45) is 8.63. The van der Waals surface area contributed by atoms with Crippen LogP contribution >= 0.6 is 24.2 Å². The Hall–Kier alpha value is -3.44. The van der Waals surface area contributed by atoms with Crippen molar-refractivity contribution in [2.75, 3.05) is 6.54 Å². The predicted molar refractivity (Wildman–Crippen MR) is 139 cm³/mol. The summed E-state index contributed by atoms with van der Waals surface area (Å²) in [7, 11) is 1.91. The van der Waals surface area contributed by atoms with Gasteiger partial charge in [-0.25, -0.2) is 9.37 Å². The molecule has 3 heterocycles. The summed E-state index contributed by atoms with van der Waals surface area (Å²) < 4.78 is 25.7. The van der Waals surface area contributed by atoms with E-state index in [1.54, 1.807) is 18.5 Å². The number of thiophene rings is 1. The van der Waals surface area contributed by atoms with Gasteiger partial charge in [-0.3, -0.25) is 18.9 Å². The largest absolute Gasteiger partial charge is 0.453 e. The number of fused-ring (bicyclic) bond motifs is 1. The number of aromatic nitrogens is 3. The van der Waals surface area contributed by atoms with Crippen molar-refractivity contribution < 1.29 is 18.7 Å². The van der Waals surface area contributed by atoms with Crippen molar-refractivity contribution >= 4 is 46.2 Å². The van der Waals surface area contributed by atoms with Gasteiger partial charge in [0.25, 0.3) is 5.91 Å². The standard InChI is InChI=1S/C25H24FN5O3S2/c1-30-11-10-29-24(30)19-12-16-23(36-19)18(8-9-28-16)34-17-7-6-15(25(33)31(35)13-20(27)32)21(22(17)26)14-4-2-3-5-14/h6-12,14,35H,2-5,13H2,1H3,(H2,27,32). The first-order valence-electron chi connectivity index (χ1n) is 11.5.